The van der Waals surface area contributed by atoms with E-state index in [4.69, 9.17) is 10.5 Å². The van der Waals surface area contributed by atoms with E-state index in [-0.39, 0.29) is 23.6 Å². The van der Waals surface area contributed by atoms with Crippen LogP contribution in [0.5, 0.6) is 5.75 Å². The van der Waals surface area contributed by atoms with Gasteiger partial charge in [-0.3, -0.25) is 4.79 Å². The summed E-state index contributed by atoms with van der Waals surface area (Å²) in [5.74, 6) is -0.476. The highest BCUT2D eigenvalue weighted by Gasteiger charge is 2.31. The minimum absolute atomic E-state index is 0.0461. The number of hydrogen-bond acceptors (Lipinski definition) is 3. The normalized spacial score (nSPS) is 22.8. The van der Waals surface area contributed by atoms with Crippen molar-refractivity contribution in [2.75, 3.05) is 12.4 Å². The maximum Gasteiger partial charge on any atom is 0.227 e. The zero-order valence-electron chi connectivity index (χ0n) is 9.57. The number of amides is 1. The van der Waals surface area contributed by atoms with Gasteiger partial charge in [0.1, 0.15) is 0 Å². The van der Waals surface area contributed by atoms with Crippen molar-refractivity contribution in [3.05, 3.63) is 24.0 Å². The SMILES string of the molecule is COc1ccc(NC(=O)C2CC(N)C2)cc1F. The molecule has 1 aromatic carbocycles. The van der Waals surface area contributed by atoms with E-state index in [1.165, 1.54) is 19.2 Å². The van der Waals surface area contributed by atoms with Crippen LogP contribution in [0.15, 0.2) is 18.2 Å². The highest BCUT2D eigenvalue weighted by atomic mass is 19.1. The van der Waals surface area contributed by atoms with Gasteiger partial charge in [0.2, 0.25) is 5.91 Å². The number of halogens is 1. The summed E-state index contributed by atoms with van der Waals surface area (Å²) in [7, 11) is 1.40. The summed E-state index contributed by atoms with van der Waals surface area (Å²) >= 11 is 0. The highest BCUT2D eigenvalue weighted by molar-refractivity contribution is 5.93. The summed E-state index contributed by atoms with van der Waals surface area (Å²) in [6, 6.07) is 4.46. The first kappa shape index (κ1) is 11.9. The van der Waals surface area contributed by atoms with Crippen LogP contribution < -0.4 is 15.8 Å². The molecule has 0 atom stereocenters. The molecule has 1 fully saturated rings. The molecule has 0 radical (unpaired) electrons. The molecule has 0 heterocycles. The van der Waals surface area contributed by atoms with Crippen molar-refractivity contribution in [3.8, 4) is 5.75 Å². The molecule has 1 aliphatic carbocycles. The van der Waals surface area contributed by atoms with Crippen LogP contribution in [0.2, 0.25) is 0 Å². The number of nitrogens with two attached hydrogens (primary N) is 1. The number of nitrogens with one attached hydrogen (secondary N) is 1. The number of benzene rings is 1. The maximum atomic E-state index is 13.4. The van der Waals surface area contributed by atoms with Gasteiger partial charge in [0.15, 0.2) is 11.6 Å². The lowest BCUT2D eigenvalue weighted by Crippen LogP contribution is -2.42. The van der Waals surface area contributed by atoms with E-state index in [9.17, 15) is 9.18 Å². The third kappa shape index (κ3) is 2.55. The predicted molar refractivity (Wildman–Crippen MR) is 62.3 cm³/mol. The maximum absolute atomic E-state index is 13.4. The Kier molecular flexibility index (Phi) is 3.28. The average molecular weight is 238 g/mol. The van der Waals surface area contributed by atoms with Crippen LogP contribution in [0.3, 0.4) is 0 Å². The van der Waals surface area contributed by atoms with Crippen LogP contribution in [0.1, 0.15) is 12.8 Å². The molecule has 0 unspecified atom stereocenters. The Labute approximate surface area is 98.9 Å². The van der Waals surface area contributed by atoms with E-state index in [1.807, 2.05) is 0 Å². The minimum Gasteiger partial charge on any atom is -0.494 e. The van der Waals surface area contributed by atoms with E-state index in [0.717, 1.165) is 0 Å². The van der Waals surface area contributed by atoms with Crippen molar-refractivity contribution in [1.82, 2.24) is 0 Å². The van der Waals surface area contributed by atoms with Crippen LogP contribution >= 0.6 is 0 Å². The van der Waals surface area contributed by atoms with Gasteiger partial charge in [-0.05, 0) is 25.0 Å². The smallest absolute Gasteiger partial charge is 0.227 e. The van der Waals surface area contributed by atoms with E-state index in [2.05, 4.69) is 5.32 Å². The van der Waals surface area contributed by atoms with E-state index < -0.39 is 5.82 Å². The molecule has 1 aliphatic rings. The first-order valence-electron chi connectivity index (χ1n) is 5.50. The van der Waals surface area contributed by atoms with Crippen LogP contribution in [0.25, 0.3) is 0 Å². The molecule has 4 nitrogen and oxygen atoms in total. The second-order valence-electron chi connectivity index (χ2n) is 4.27. The van der Waals surface area contributed by atoms with E-state index >= 15 is 0 Å². The number of anilines is 1. The molecule has 92 valence electrons. The number of ether oxygens (including phenoxy) is 1. The van der Waals surface area contributed by atoms with Gasteiger partial charge in [-0.15, -0.1) is 0 Å². The van der Waals surface area contributed by atoms with Crippen molar-refractivity contribution in [3.63, 3.8) is 0 Å². The number of methoxy groups -OCH3 is 1. The molecule has 17 heavy (non-hydrogen) atoms. The Hall–Kier alpha value is -1.62. The Bertz CT molecular complexity index is 431. The first-order valence-corrected chi connectivity index (χ1v) is 5.50. The van der Waals surface area contributed by atoms with Gasteiger partial charge in [0.05, 0.1) is 7.11 Å². The van der Waals surface area contributed by atoms with E-state index in [0.29, 0.717) is 18.5 Å². The van der Waals surface area contributed by atoms with Crippen molar-refractivity contribution >= 4 is 11.6 Å². The molecular weight excluding hydrogens is 223 g/mol. The summed E-state index contributed by atoms with van der Waals surface area (Å²) in [6.45, 7) is 0. The molecule has 5 heteroatoms. The van der Waals surface area contributed by atoms with Crippen molar-refractivity contribution in [1.29, 1.82) is 0 Å². The van der Waals surface area contributed by atoms with Gasteiger partial charge < -0.3 is 15.8 Å². The fraction of sp³-hybridized carbons (Fsp3) is 0.417. The molecule has 1 saturated carbocycles. The number of carbonyl (C=O) groups is 1. The number of rotatable bonds is 3. The molecule has 3 N–H and O–H groups in total. The van der Waals surface area contributed by atoms with Gasteiger partial charge in [-0.2, -0.15) is 0 Å². The van der Waals surface area contributed by atoms with Gasteiger partial charge in [-0.25, -0.2) is 4.39 Å². The van der Waals surface area contributed by atoms with Gasteiger partial charge >= 0.3 is 0 Å². The molecule has 2 rings (SSSR count). The van der Waals surface area contributed by atoms with Gasteiger partial charge in [0, 0.05) is 23.7 Å². The molecule has 1 aromatic rings. The molecule has 0 bridgehead atoms. The highest BCUT2D eigenvalue weighted by Crippen LogP contribution is 2.27. The summed E-state index contributed by atoms with van der Waals surface area (Å²) in [6.07, 6.45) is 1.40. The Balaban J connectivity index is 1.99. The fourth-order valence-electron chi connectivity index (χ4n) is 1.86. The van der Waals surface area contributed by atoms with Gasteiger partial charge in [0.25, 0.3) is 0 Å². The number of hydrogen-bond donors (Lipinski definition) is 2. The Morgan fingerprint density at radius 2 is 2.24 bits per heavy atom. The monoisotopic (exact) mass is 238 g/mol. The van der Waals surface area contributed by atoms with Gasteiger partial charge in [-0.1, -0.05) is 0 Å². The first-order chi connectivity index (χ1) is 8.10. The molecule has 0 saturated heterocycles. The fourth-order valence-corrected chi connectivity index (χ4v) is 1.86. The Morgan fingerprint density at radius 3 is 2.76 bits per heavy atom. The van der Waals surface area contributed by atoms with Crippen LogP contribution in [-0.4, -0.2) is 19.1 Å². The second-order valence-corrected chi connectivity index (χ2v) is 4.27. The number of carbonyl (C=O) groups excluding carboxylic acids is 1. The summed E-state index contributed by atoms with van der Waals surface area (Å²) < 4.78 is 18.2. The van der Waals surface area contributed by atoms with Crippen LogP contribution in [0.4, 0.5) is 10.1 Å². The zero-order valence-corrected chi connectivity index (χ0v) is 9.57. The lowest BCUT2D eigenvalue weighted by Gasteiger charge is -2.31. The third-order valence-corrected chi connectivity index (χ3v) is 2.96. The molecule has 0 spiro atoms. The summed E-state index contributed by atoms with van der Waals surface area (Å²) in [4.78, 5) is 11.7. The van der Waals surface area contributed by atoms with Crippen LogP contribution in [0, 0.1) is 11.7 Å². The predicted octanol–water partition coefficient (Wildman–Crippen LogP) is 1.51. The lowest BCUT2D eigenvalue weighted by atomic mass is 9.80. The van der Waals surface area contributed by atoms with E-state index in [1.54, 1.807) is 6.07 Å². The quantitative estimate of drug-likeness (QED) is 0.839. The molecule has 0 aromatic heterocycles. The van der Waals surface area contributed by atoms with Crippen LogP contribution in [-0.2, 0) is 4.79 Å². The third-order valence-electron chi connectivity index (χ3n) is 2.96. The van der Waals surface area contributed by atoms with Crippen molar-refractivity contribution < 1.29 is 13.9 Å². The zero-order chi connectivity index (χ0) is 12.4. The minimum atomic E-state index is -0.490. The average Bonchev–Trinajstić information content (AvgIpc) is 2.25. The lowest BCUT2D eigenvalue weighted by molar-refractivity contribution is -0.122. The summed E-state index contributed by atoms with van der Waals surface area (Å²) in [5.41, 5.74) is 6.04. The largest absolute Gasteiger partial charge is 0.494 e. The Morgan fingerprint density at radius 1 is 1.53 bits per heavy atom. The summed E-state index contributed by atoms with van der Waals surface area (Å²) in [5, 5.41) is 2.67. The standard InChI is InChI=1S/C12H15FN2O2/c1-17-11-3-2-9(6-10(11)13)15-12(16)7-4-8(14)5-7/h2-3,6-8H,4-5,14H2,1H3,(H,15,16). The molecular formula is C12H15FN2O2. The molecule has 1 amide bonds. The molecule has 0 aliphatic heterocycles. The topological polar surface area (TPSA) is 64.3 Å². The van der Waals surface area contributed by atoms with Crippen molar-refractivity contribution in [2.24, 2.45) is 11.7 Å². The van der Waals surface area contributed by atoms with Crippen molar-refractivity contribution in [2.45, 2.75) is 18.9 Å². The second kappa shape index (κ2) is 4.71.